The van der Waals surface area contributed by atoms with E-state index in [4.69, 9.17) is 0 Å². The molecule has 1 aliphatic rings. The molecule has 0 radical (unpaired) electrons. The van der Waals surface area contributed by atoms with Gasteiger partial charge in [-0.25, -0.2) is 0 Å². The summed E-state index contributed by atoms with van der Waals surface area (Å²) in [6.45, 7) is 0.655. The van der Waals surface area contributed by atoms with Crippen molar-refractivity contribution in [1.29, 1.82) is 0 Å². The molecular weight excluding hydrogens is 168 g/mol. The number of thiol groups is 1. The molecule has 12 heavy (non-hydrogen) atoms. The van der Waals surface area contributed by atoms with E-state index in [2.05, 4.69) is 22.9 Å². The molecule has 0 saturated carbocycles. The smallest absolute Gasteiger partial charge is 0.0935 e. The molecule has 1 heterocycles. The molecule has 2 nitrogen and oxygen atoms in total. The number of azo groups is 1. The van der Waals surface area contributed by atoms with Gasteiger partial charge in [-0.1, -0.05) is 18.2 Å². The Hall–Kier alpha value is -1.09. The fourth-order valence-corrected chi connectivity index (χ4v) is 1.41. The summed E-state index contributed by atoms with van der Waals surface area (Å²) in [6, 6.07) is 5.82. The van der Waals surface area contributed by atoms with Crippen LogP contribution in [0.5, 0.6) is 0 Å². The Labute approximate surface area is 76.4 Å². The van der Waals surface area contributed by atoms with E-state index in [0.29, 0.717) is 6.54 Å². The van der Waals surface area contributed by atoms with Gasteiger partial charge in [0, 0.05) is 10.5 Å². The minimum atomic E-state index is 0.655. The lowest BCUT2D eigenvalue weighted by atomic mass is 10.1. The summed E-state index contributed by atoms with van der Waals surface area (Å²) in [4.78, 5) is 0.949. The number of rotatable bonds is 0. The van der Waals surface area contributed by atoms with Gasteiger partial charge in [-0.3, -0.25) is 0 Å². The summed E-state index contributed by atoms with van der Waals surface area (Å²) in [5, 5.41) is 8.02. The van der Waals surface area contributed by atoms with Crippen molar-refractivity contribution in [3.63, 3.8) is 0 Å². The third-order valence-corrected chi connectivity index (χ3v) is 2.10. The molecule has 0 saturated heterocycles. The fourth-order valence-electron chi connectivity index (χ4n) is 1.13. The van der Waals surface area contributed by atoms with E-state index in [-0.39, 0.29) is 0 Å². The van der Waals surface area contributed by atoms with Crippen LogP contribution in [0, 0.1) is 0 Å². The second-order valence-electron chi connectivity index (χ2n) is 2.54. The summed E-state index contributed by atoms with van der Waals surface area (Å²) in [7, 11) is 0. The molecular formula is C9H8N2S. The fraction of sp³-hybridized carbons (Fsp3) is 0.111. The number of fused-ring (bicyclic) bond motifs is 1. The molecule has 1 aliphatic heterocycles. The standard InChI is InChI=1S/C9H8N2S/c12-9-5-1-4-8-7(9)3-2-6-10-11-8/h1-5,12H,6H2. The number of hydrogen-bond donors (Lipinski definition) is 1. The molecule has 0 amide bonds. The van der Waals surface area contributed by atoms with Gasteiger partial charge in [-0.2, -0.15) is 10.2 Å². The highest BCUT2D eigenvalue weighted by Crippen LogP contribution is 2.28. The predicted molar refractivity (Wildman–Crippen MR) is 52.1 cm³/mol. The van der Waals surface area contributed by atoms with Crippen LogP contribution in [0.4, 0.5) is 5.69 Å². The van der Waals surface area contributed by atoms with Gasteiger partial charge in [0.15, 0.2) is 0 Å². The van der Waals surface area contributed by atoms with E-state index < -0.39 is 0 Å². The van der Waals surface area contributed by atoms with Crippen molar-refractivity contribution >= 4 is 24.4 Å². The largest absolute Gasteiger partial charge is 0.184 e. The van der Waals surface area contributed by atoms with Gasteiger partial charge in [0.05, 0.1) is 12.2 Å². The van der Waals surface area contributed by atoms with Crippen LogP contribution in [-0.2, 0) is 0 Å². The molecule has 0 spiro atoms. The molecule has 1 aromatic rings. The predicted octanol–water partition coefficient (Wildman–Crippen LogP) is 3.09. The maximum absolute atomic E-state index is 4.33. The number of nitrogens with zero attached hydrogens (tertiary/aromatic N) is 2. The summed E-state index contributed by atoms with van der Waals surface area (Å²) < 4.78 is 0. The normalized spacial score (nSPS) is 14.1. The Kier molecular flexibility index (Phi) is 1.96. The highest BCUT2D eigenvalue weighted by molar-refractivity contribution is 7.80. The van der Waals surface area contributed by atoms with Crippen molar-refractivity contribution in [2.24, 2.45) is 10.2 Å². The van der Waals surface area contributed by atoms with Gasteiger partial charge < -0.3 is 0 Å². The molecule has 1 aromatic carbocycles. The van der Waals surface area contributed by atoms with Crippen LogP contribution in [0.25, 0.3) is 6.08 Å². The molecule has 0 N–H and O–H groups in total. The third kappa shape index (κ3) is 1.28. The lowest BCUT2D eigenvalue weighted by molar-refractivity contribution is 1.08. The zero-order valence-corrected chi connectivity index (χ0v) is 7.33. The minimum absolute atomic E-state index is 0.655. The SMILES string of the molecule is Sc1cccc2c1C=CCN=N2. The molecule has 0 aromatic heterocycles. The maximum atomic E-state index is 4.33. The van der Waals surface area contributed by atoms with Gasteiger partial charge >= 0.3 is 0 Å². The average molecular weight is 176 g/mol. The third-order valence-electron chi connectivity index (χ3n) is 1.71. The van der Waals surface area contributed by atoms with Gasteiger partial charge in [0.25, 0.3) is 0 Å². The summed E-state index contributed by atoms with van der Waals surface area (Å²) in [5.74, 6) is 0. The van der Waals surface area contributed by atoms with Crippen molar-refractivity contribution < 1.29 is 0 Å². The monoisotopic (exact) mass is 176 g/mol. The Morgan fingerprint density at radius 3 is 3.17 bits per heavy atom. The van der Waals surface area contributed by atoms with Gasteiger partial charge in [0.1, 0.15) is 0 Å². The molecule has 60 valence electrons. The molecule has 3 heteroatoms. The van der Waals surface area contributed by atoms with E-state index in [0.717, 1.165) is 16.1 Å². The van der Waals surface area contributed by atoms with Crippen LogP contribution in [0.1, 0.15) is 5.56 Å². The van der Waals surface area contributed by atoms with Crippen LogP contribution in [-0.4, -0.2) is 6.54 Å². The molecule has 0 atom stereocenters. The first-order valence-corrected chi connectivity index (χ1v) is 4.18. The quantitative estimate of drug-likeness (QED) is 0.588. The Bertz CT molecular complexity index is 356. The topological polar surface area (TPSA) is 24.7 Å². The van der Waals surface area contributed by atoms with Crippen LogP contribution in [0.3, 0.4) is 0 Å². The van der Waals surface area contributed by atoms with Crippen molar-refractivity contribution in [2.75, 3.05) is 6.54 Å². The average Bonchev–Trinajstić information content (AvgIpc) is 2.30. The lowest BCUT2D eigenvalue weighted by Crippen LogP contribution is -1.75. The second-order valence-corrected chi connectivity index (χ2v) is 3.02. The maximum Gasteiger partial charge on any atom is 0.0935 e. The molecule has 2 rings (SSSR count). The van der Waals surface area contributed by atoms with E-state index in [1.165, 1.54) is 0 Å². The van der Waals surface area contributed by atoms with Crippen LogP contribution < -0.4 is 0 Å². The number of benzene rings is 1. The van der Waals surface area contributed by atoms with Crippen molar-refractivity contribution in [2.45, 2.75) is 4.90 Å². The molecule has 0 fully saturated rings. The van der Waals surface area contributed by atoms with Crippen molar-refractivity contribution in [1.82, 2.24) is 0 Å². The Morgan fingerprint density at radius 2 is 2.25 bits per heavy atom. The highest BCUT2D eigenvalue weighted by Gasteiger charge is 2.02. The van der Waals surface area contributed by atoms with Crippen LogP contribution in [0.2, 0.25) is 0 Å². The zero-order valence-electron chi connectivity index (χ0n) is 6.44. The second kappa shape index (κ2) is 3.11. The van der Waals surface area contributed by atoms with Crippen LogP contribution >= 0.6 is 12.6 Å². The van der Waals surface area contributed by atoms with E-state index in [1.54, 1.807) is 0 Å². The summed E-state index contributed by atoms with van der Waals surface area (Å²) in [5.41, 5.74) is 1.96. The van der Waals surface area contributed by atoms with E-state index in [9.17, 15) is 0 Å². The molecule has 0 aliphatic carbocycles. The first kappa shape index (κ1) is 7.55. The van der Waals surface area contributed by atoms with Gasteiger partial charge in [-0.05, 0) is 12.1 Å². The summed E-state index contributed by atoms with van der Waals surface area (Å²) >= 11 is 4.33. The van der Waals surface area contributed by atoms with Crippen molar-refractivity contribution in [3.8, 4) is 0 Å². The highest BCUT2D eigenvalue weighted by atomic mass is 32.1. The Balaban J connectivity index is 2.65. The van der Waals surface area contributed by atoms with E-state index in [1.807, 2.05) is 30.4 Å². The first-order valence-electron chi connectivity index (χ1n) is 3.74. The summed E-state index contributed by atoms with van der Waals surface area (Å²) in [6.07, 6.45) is 3.99. The lowest BCUT2D eigenvalue weighted by Gasteiger charge is -2.00. The Morgan fingerprint density at radius 1 is 1.33 bits per heavy atom. The first-order chi connectivity index (χ1) is 5.88. The molecule has 0 bridgehead atoms. The van der Waals surface area contributed by atoms with E-state index >= 15 is 0 Å². The van der Waals surface area contributed by atoms with Crippen LogP contribution in [0.15, 0.2) is 39.4 Å². The van der Waals surface area contributed by atoms with Crippen molar-refractivity contribution in [3.05, 3.63) is 29.8 Å². The minimum Gasteiger partial charge on any atom is -0.184 e. The number of hydrogen-bond acceptors (Lipinski definition) is 3. The van der Waals surface area contributed by atoms with Gasteiger partial charge in [-0.15, -0.1) is 12.6 Å². The zero-order chi connectivity index (χ0) is 8.39. The van der Waals surface area contributed by atoms with Gasteiger partial charge in [0.2, 0.25) is 0 Å². The molecule has 0 unspecified atom stereocenters.